The summed E-state index contributed by atoms with van der Waals surface area (Å²) in [6.07, 6.45) is -5.14. The Morgan fingerprint density at radius 1 is 1.16 bits per heavy atom. The van der Waals surface area contributed by atoms with E-state index in [-0.39, 0.29) is 18.4 Å². The Kier molecular flexibility index (Phi) is 5.73. The number of ether oxygens (including phenoxy) is 1. The van der Waals surface area contributed by atoms with Crippen molar-refractivity contribution in [2.75, 3.05) is 17.2 Å². The summed E-state index contributed by atoms with van der Waals surface area (Å²) in [7, 11) is 0. The van der Waals surface area contributed by atoms with Crippen molar-refractivity contribution in [2.24, 2.45) is 0 Å². The largest absolute Gasteiger partial charge is 0.451 e. The fourth-order valence-corrected chi connectivity index (χ4v) is 1.59. The summed E-state index contributed by atoms with van der Waals surface area (Å²) in [5.74, 6) is -0.487. The van der Waals surface area contributed by atoms with Crippen LogP contribution in [0.1, 0.15) is 6.92 Å². The Bertz CT molecular complexity index is 721. The molecule has 0 amide bonds. The van der Waals surface area contributed by atoms with Gasteiger partial charge < -0.3 is 15.4 Å². The van der Waals surface area contributed by atoms with E-state index in [0.29, 0.717) is 5.69 Å². The van der Waals surface area contributed by atoms with Crippen molar-refractivity contribution in [3.63, 3.8) is 0 Å². The highest BCUT2D eigenvalue weighted by atomic mass is 19.4. The Morgan fingerprint density at radius 3 is 2.40 bits per heavy atom. The number of benzene rings is 1. The van der Waals surface area contributed by atoms with Gasteiger partial charge in [-0.1, -0.05) is 6.08 Å². The van der Waals surface area contributed by atoms with Crippen molar-refractivity contribution in [3.05, 3.63) is 42.7 Å². The predicted molar refractivity (Wildman–Crippen MR) is 84.3 cm³/mol. The zero-order chi connectivity index (χ0) is 18.4. The molecule has 25 heavy (non-hydrogen) atoms. The molecule has 2 N–H and O–H groups in total. The minimum absolute atomic E-state index is 0.00360. The first-order valence-electron chi connectivity index (χ1n) is 7.14. The van der Waals surface area contributed by atoms with Crippen LogP contribution in [0.3, 0.4) is 0 Å². The smallest absolute Gasteiger partial charge is 0.425 e. The van der Waals surface area contributed by atoms with Gasteiger partial charge in [-0.3, -0.25) is 0 Å². The van der Waals surface area contributed by atoms with Crippen LogP contribution in [0.5, 0.6) is 6.01 Å². The van der Waals surface area contributed by atoms with E-state index in [1.54, 1.807) is 0 Å². The van der Waals surface area contributed by atoms with Crippen molar-refractivity contribution < 1.29 is 22.3 Å². The maximum Gasteiger partial charge on any atom is 0.425 e. The van der Waals surface area contributed by atoms with Gasteiger partial charge in [-0.15, -0.1) is 6.58 Å². The lowest BCUT2D eigenvalue weighted by Gasteiger charge is -2.17. The fraction of sp³-hybridized carbons (Fsp3) is 0.267. The third kappa shape index (κ3) is 5.59. The van der Waals surface area contributed by atoms with Gasteiger partial charge >= 0.3 is 12.2 Å². The fourth-order valence-electron chi connectivity index (χ4n) is 1.59. The number of hydrogen-bond donors (Lipinski definition) is 2. The molecule has 1 heterocycles. The average Bonchev–Trinajstić information content (AvgIpc) is 2.54. The molecular formula is C15H15F4N5O. The van der Waals surface area contributed by atoms with Gasteiger partial charge in [0.2, 0.25) is 11.9 Å². The van der Waals surface area contributed by atoms with Crippen LogP contribution in [-0.4, -0.2) is 33.8 Å². The van der Waals surface area contributed by atoms with Crippen molar-refractivity contribution in [1.29, 1.82) is 0 Å². The number of alkyl halides is 3. The maximum absolute atomic E-state index is 12.9. The summed E-state index contributed by atoms with van der Waals surface area (Å²) < 4.78 is 55.6. The number of halogens is 4. The van der Waals surface area contributed by atoms with Gasteiger partial charge in [-0.05, 0) is 31.2 Å². The van der Waals surface area contributed by atoms with Crippen LogP contribution < -0.4 is 15.4 Å². The third-order valence-electron chi connectivity index (χ3n) is 2.86. The summed E-state index contributed by atoms with van der Waals surface area (Å²) in [5, 5.41) is 5.48. The average molecular weight is 357 g/mol. The Morgan fingerprint density at radius 2 is 1.80 bits per heavy atom. The molecular weight excluding hydrogens is 342 g/mol. The summed E-state index contributed by atoms with van der Waals surface area (Å²) >= 11 is 0. The predicted octanol–water partition coefficient (Wildman–Crippen LogP) is 3.68. The minimum atomic E-state index is -4.56. The molecule has 6 nitrogen and oxygen atoms in total. The van der Waals surface area contributed by atoms with E-state index >= 15 is 0 Å². The summed E-state index contributed by atoms with van der Waals surface area (Å²) in [5.41, 5.74) is 0.442. The highest BCUT2D eigenvalue weighted by molar-refractivity contribution is 5.54. The molecule has 0 aliphatic rings. The highest BCUT2D eigenvalue weighted by Crippen LogP contribution is 2.24. The molecule has 0 saturated heterocycles. The van der Waals surface area contributed by atoms with Gasteiger partial charge in [0, 0.05) is 12.2 Å². The zero-order valence-corrected chi connectivity index (χ0v) is 13.1. The van der Waals surface area contributed by atoms with Crippen molar-refractivity contribution in [3.8, 4) is 6.01 Å². The number of hydrogen-bond acceptors (Lipinski definition) is 6. The molecule has 0 saturated carbocycles. The van der Waals surface area contributed by atoms with Crippen LogP contribution in [0.2, 0.25) is 0 Å². The third-order valence-corrected chi connectivity index (χ3v) is 2.86. The molecule has 10 heteroatoms. The first-order chi connectivity index (χ1) is 11.8. The highest BCUT2D eigenvalue weighted by Gasteiger charge is 2.38. The van der Waals surface area contributed by atoms with E-state index in [9.17, 15) is 17.6 Å². The first-order valence-corrected chi connectivity index (χ1v) is 7.14. The summed E-state index contributed by atoms with van der Waals surface area (Å²) in [6.45, 7) is 4.64. The lowest BCUT2D eigenvalue weighted by Crippen LogP contribution is -2.32. The molecule has 2 aromatic rings. The van der Waals surface area contributed by atoms with Crippen molar-refractivity contribution >= 4 is 17.6 Å². The lowest BCUT2D eigenvalue weighted by molar-refractivity contribution is -0.190. The van der Waals surface area contributed by atoms with E-state index in [1.165, 1.54) is 30.3 Å². The van der Waals surface area contributed by atoms with Crippen LogP contribution in [0.15, 0.2) is 36.9 Å². The number of nitrogens with one attached hydrogen (secondary N) is 2. The number of anilines is 3. The monoisotopic (exact) mass is 357 g/mol. The molecule has 0 fully saturated rings. The zero-order valence-electron chi connectivity index (χ0n) is 13.1. The maximum atomic E-state index is 12.9. The second kappa shape index (κ2) is 7.77. The molecule has 134 valence electrons. The van der Waals surface area contributed by atoms with Crippen LogP contribution >= 0.6 is 0 Å². The van der Waals surface area contributed by atoms with Gasteiger partial charge in [0.15, 0.2) is 6.10 Å². The van der Waals surface area contributed by atoms with Crippen molar-refractivity contribution in [1.82, 2.24) is 15.0 Å². The molecule has 0 spiro atoms. The number of rotatable bonds is 7. The first kappa shape index (κ1) is 18.4. The SMILES string of the molecule is C=CCNc1nc(Nc2ccc(F)cc2)nc(OC(C)C(F)(F)F)n1. The van der Waals surface area contributed by atoms with Gasteiger partial charge in [0.05, 0.1) is 0 Å². The van der Waals surface area contributed by atoms with Gasteiger partial charge in [0.25, 0.3) is 0 Å². The second-order valence-corrected chi connectivity index (χ2v) is 4.87. The number of nitrogens with zero attached hydrogens (tertiary/aromatic N) is 3. The Labute approximate surface area is 141 Å². The molecule has 1 atom stereocenters. The second-order valence-electron chi connectivity index (χ2n) is 4.87. The Hall–Kier alpha value is -2.91. The molecule has 0 bridgehead atoms. The van der Waals surface area contributed by atoms with Crippen molar-refractivity contribution in [2.45, 2.75) is 19.2 Å². The normalized spacial score (nSPS) is 12.4. The van der Waals surface area contributed by atoms with E-state index < -0.39 is 24.1 Å². The summed E-state index contributed by atoms with van der Waals surface area (Å²) in [4.78, 5) is 11.6. The summed E-state index contributed by atoms with van der Waals surface area (Å²) in [6, 6.07) is 4.77. The molecule has 1 aromatic heterocycles. The molecule has 1 unspecified atom stereocenters. The van der Waals surface area contributed by atoms with Crippen LogP contribution in [0.4, 0.5) is 35.1 Å². The van der Waals surface area contributed by atoms with Crippen LogP contribution in [-0.2, 0) is 0 Å². The van der Waals surface area contributed by atoms with Gasteiger partial charge in [-0.25, -0.2) is 4.39 Å². The molecule has 0 aliphatic carbocycles. The van der Waals surface area contributed by atoms with E-state index in [1.807, 2.05) is 0 Å². The molecule has 0 radical (unpaired) electrons. The molecule has 1 aromatic carbocycles. The van der Waals surface area contributed by atoms with Gasteiger partial charge in [-0.2, -0.15) is 28.1 Å². The topological polar surface area (TPSA) is 72.0 Å². The van der Waals surface area contributed by atoms with E-state index in [0.717, 1.165) is 6.92 Å². The number of aromatic nitrogens is 3. The van der Waals surface area contributed by atoms with Gasteiger partial charge in [0.1, 0.15) is 5.82 Å². The quantitative estimate of drug-likeness (QED) is 0.582. The minimum Gasteiger partial charge on any atom is -0.451 e. The van der Waals surface area contributed by atoms with Crippen LogP contribution in [0.25, 0.3) is 0 Å². The van der Waals surface area contributed by atoms with E-state index in [4.69, 9.17) is 4.74 Å². The molecule has 2 rings (SSSR count). The van der Waals surface area contributed by atoms with E-state index in [2.05, 4.69) is 32.2 Å². The van der Waals surface area contributed by atoms with Crippen LogP contribution in [0, 0.1) is 5.82 Å². The molecule has 0 aliphatic heterocycles. The Balaban J connectivity index is 2.26. The lowest BCUT2D eigenvalue weighted by atomic mass is 10.3. The standard InChI is InChI=1S/C15H15F4N5O/c1-3-8-20-12-22-13(21-11-6-4-10(16)5-7-11)24-14(23-12)25-9(2)15(17,18)19/h3-7,9H,1,8H2,2H3,(H2,20,21,22,23,24).